The largest absolute Gasteiger partial charge is 0.477 e. The number of carboxylic acids is 1. The van der Waals surface area contributed by atoms with Gasteiger partial charge in [0.2, 0.25) is 5.91 Å². The van der Waals surface area contributed by atoms with Crippen molar-refractivity contribution < 1.29 is 24.2 Å². The summed E-state index contributed by atoms with van der Waals surface area (Å²) in [5.41, 5.74) is 3.51. The van der Waals surface area contributed by atoms with E-state index in [-0.39, 0.29) is 24.8 Å². The number of ether oxygens (including phenoxy) is 1. The molecule has 34 heavy (non-hydrogen) atoms. The van der Waals surface area contributed by atoms with Gasteiger partial charge in [0.25, 0.3) is 0 Å². The summed E-state index contributed by atoms with van der Waals surface area (Å²) in [6, 6.07) is 16.1. The van der Waals surface area contributed by atoms with E-state index in [4.69, 9.17) is 4.74 Å². The highest BCUT2D eigenvalue weighted by molar-refractivity contribution is 5.90. The lowest BCUT2D eigenvalue weighted by atomic mass is 9.98. The van der Waals surface area contributed by atoms with E-state index in [1.165, 1.54) is 17.9 Å². The molecule has 4 rings (SSSR count). The van der Waals surface area contributed by atoms with Crippen molar-refractivity contribution >= 4 is 18.0 Å². The smallest absolute Gasteiger partial charge is 0.408 e. The Hall–Kier alpha value is -4.14. The van der Waals surface area contributed by atoms with Gasteiger partial charge in [-0.1, -0.05) is 48.5 Å². The van der Waals surface area contributed by atoms with E-state index >= 15 is 0 Å². The summed E-state index contributed by atoms with van der Waals surface area (Å²) in [6.07, 6.45) is 0.671. The fraction of sp³-hybridized carbons (Fsp3) is 0.280. The van der Waals surface area contributed by atoms with Crippen LogP contribution in [0.5, 0.6) is 0 Å². The van der Waals surface area contributed by atoms with Crippen molar-refractivity contribution in [3.8, 4) is 11.1 Å². The molecule has 0 atom stereocenters. The molecule has 3 aromatic rings. The van der Waals surface area contributed by atoms with Crippen LogP contribution >= 0.6 is 0 Å². The third kappa shape index (κ3) is 4.36. The molecule has 9 heteroatoms. The van der Waals surface area contributed by atoms with Gasteiger partial charge in [-0.15, -0.1) is 0 Å². The number of hydrogen-bond donors (Lipinski definition) is 3. The number of aryl methyl sites for hydroxylation is 1. The average molecular weight is 463 g/mol. The molecule has 0 saturated carbocycles. The van der Waals surface area contributed by atoms with E-state index in [2.05, 4.69) is 27.9 Å². The second kappa shape index (κ2) is 9.01. The minimum atomic E-state index is -1.28. The minimum Gasteiger partial charge on any atom is -0.477 e. The summed E-state index contributed by atoms with van der Waals surface area (Å²) in [5.74, 6) is -1.71. The van der Waals surface area contributed by atoms with Gasteiger partial charge in [-0.05, 0) is 36.1 Å². The van der Waals surface area contributed by atoms with Crippen molar-refractivity contribution in [2.24, 2.45) is 7.05 Å². The zero-order chi connectivity index (χ0) is 24.5. The van der Waals surface area contributed by atoms with Crippen LogP contribution in [0.25, 0.3) is 11.1 Å². The van der Waals surface area contributed by atoms with E-state index in [9.17, 15) is 19.5 Å². The molecule has 1 aromatic heterocycles. The van der Waals surface area contributed by atoms with Crippen molar-refractivity contribution in [3.05, 3.63) is 77.1 Å². The molecule has 1 aliphatic rings. The number of amides is 2. The Morgan fingerprint density at radius 2 is 1.65 bits per heavy atom. The van der Waals surface area contributed by atoms with Crippen LogP contribution in [0, 0.1) is 0 Å². The highest BCUT2D eigenvalue weighted by Crippen LogP contribution is 2.44. The quantitative estimate of drug-likeness (QED) is 0.496. The number of aromatic carboxylic acids is 1. The van der Waals surface area contributed by atoms with Crippen molar-refractivity contribution in [3.63, 3.8) is 0 Å². The monoisotopic (exact) mass is 462 g/mol. The SMILES string of the molecule is Cn1ncc(CNC(=O)C(C)(C)NC(=O)OCC2c3ccccc3-c3ccccc32)c1C(=O)O. The van der Waals surface area contributed by atoms with Crippen LogP contribution in [0.3, 0.4) is 0 Å². The van der Waals surface area contributed by atoms with Gasteiger partial charge in [0.05, 0.1) is 6.20 Å². The first kappa shape index (κ1) is 23.0. The van der Waals surface area contributed by atoms with Gasteiger partial charge >= 0.3 is 12.1 Å². The third-order valence-corrected chi connectivity index (χ3v) is 5.98. The lowest BCUT2D eigenvalue weighted by Crippen LogP contribution is -2.54. The normalized spacial score (nSPS) is 12.6. The van der Waals surface area contributed by atoms with E-state index in [0.29, 0.717) is 5.56 Å². The summed E-state index contributed by atoms with van der Waals surface area (Å²) in [7, 11) is 1.51. The third-order valence-electron chi connectivity index (χ3n) is 5.98. The molecule has 2 amide bonds. The first-order valence-corrected chi connectivity index (χ1v) is 10.8. The Morgan fingerprint density at radius 1 is 1.06 bits per heavy atom. The lowest BCUT2D eigenvalue weighted by molar-refractivity contribution is -0.126. The van der Waals surface area contributed by atoms with Crippen LogP contribution in [0.15, 0.2) is 54.7 Å². The Kier molecular flexibility index (Phi) is 6.10. The molecule has 0 aliphatic heterocycles. The number of alkyl carbamates (subject to hydrolysis) is 1. The molecule has 3 N–H and O–H groups in total. The highest BCUT2D eigenvalue weighted by atomic mass is 16.5. The Bertz CT molecular complexity index is 1220. The molecule has 0 radical (unpaired) electrons. The molecular weight excluding hydrogens is 436 g/mol. The van der Waals surface area contributed by atoms with Gasteiger partial charge in [-0.25, -0.2) is 9.59 Å². The minimum absolute atomic E-state index is 0.0115. The van der Waals surface area contributed by atoms with Gasteiger partial charge in [-0.2, -0.15) is 5.10 Å². The maximum absolute atomic E-state index is 12.7. The summed E-state index contributed by atoms with van der Waals surface area (Å²) in [6.45, 7) is 3.19. The summed E-state index contributed by atoms with van der Waals surface area (Å²) >= 11 is 0. The van der Waals surface area contributed by atoms with Crippen LogP contribution in [-0.4, -0.2) is 45.0 Å². The van der Waals surface area contributed by atoms with Crippen LogP contribution < -0.4 is 10.6 Å². The van der Waals surface area contributed by atoms with E-state index < -0.39 is 23.5 Å². The Morgan fingerprint density at radius 3 is 2.24 bits per heavy atom. The van der Waals surface area contributed by atoms with Gasteiger partial charge < -0.3 is 20.5 Å². The van der Waals surface area contributed by atoms with E-state index in [1.807, 2.05) is 36.4 Å². The zero-order valence-corrected chi connectivity index (χ0v) is 19.2. The number of fused-ring (bicyclic) bond motifs is 3. The highest BCUT2D eigenvalue weighted by Gasteiger charge is 2.32. The van der Waals surface area contributed by atoms with Crippen molar-refractivity contribution in [2.45, 2.75) is 31.8 Å². The molecule has 0 saturated heterocycles. The molecule has 2 aromatic carbocycles. The zero-order valence-electron chi connectivity index (χ0n) is 19.2. The fourth-order valence-electron chi connectivity index (χ4n) is 4.23. The molecule has 9 nitrogen and oxygen atoms in total. The topological polar surface area (TPSA) is 123 Å². The molecule has 1 heterocycles. The first-order chi connectivity index (χ1) is 16.2. The van der Waals surface area contributed by atoms with Crippen molar-refractivity contribution in [2.75, 3.05) is 6.61 Å². The van der Waals surface area contributed by atoms with Crippen LogP contribution in [0.1, 0.15) is 46.9 Å². The molecular formula is C25H26N4O5. The van der Waals surface area contributed by atoms with Gasteiger partial charge in [0.15, 0.2) is 5.69 Å². The molecule has 1 aliphatic carbocycles. The molecule has 0 bridgehead atoms. The van der Waals surface area contributed by atoms with Crippen molar-refractivity contribution in [1.82, 2.24) is 20.4 Å². The number of carbonyl (C=O) groups is 3. The molecule has 0 fully saturated rings. The molecule has 0 spiro atoms. The van der Waals surface area contributed by atoms with Gasteiger partial charge in [-0.3, -0.25) is 9.48 Å². The molecule has 0 unspecified atom stereocenters. The number of benzene rings is 2. The predicted molar refractivity (Wildman–Crippen MR) is 124 cm³/mol. The Balaban J connectivity index is 1.36. The summed E-state index contributed by atoms with van der Waals surface area (Å²) < 4.78 is 6.75. The van der Waals surface area contributed by atoms with Crippen molar-refractivity contribution in [1.29, 1.82) is 0 Å². The second-order valence-corrected chi connectivity index (χ2v) is 8.71. The van der Waals surface area contributed by atoms with Crippen LogP contribution in [0.4, 0.5) is 4.79 Å². The van der Waals surface area contributed by atoms with Gasteiger partial charge in [0.1, 0.15) is 12.1 Å². The lowest BCUT2D eigenvalue weighted by Gasteiger charge is -2.25. The second-order valence-electron chi connectivity index (χ2n) is 8.71. The number of nitrogens with one attached hydrogen (secondary N) is 2. The maximum Gasteiger partial charge on any atom is 0.408 e. The maximum atomic E-state index is 12.7. The fourth-order valence-corrected chi connectivity index (χ4v) is 4.23. The predicted octanol–water partition coefficient (Wildman–Crippen LogP) is 3.05. The van der Waals surface area contributed by atoms with Crippen LogP contribution in [-0.2, 0) is 23.1 Å². The molecule has 176 valence electrons. The number of nitrogens with zero attached hydrogens (tertiary/aromatic N) is 2. The Labute approximate surface area is 196 Å². The number of aromatic nitrogens is 2. The standard InChI is InChI=1S/C25H26N4O5/c1-25(2,23(32)26-12-15-13-27-29(3)21(15)22(30)31)28-24(33)34-14-20-18-10-6-4-8-16(18)17-9-5-7-11-19(17)20/h4-11,13,20H,12,14H2,1-3H3,(H,26,32)(H,28,33)(H,30,31). The number of hydrogen-bond acceptors (Lipinski definition) is 5. The van der Waals surface area contributed by atoms with E-state index in [0.717, 1.165) is 22.3 Å². The number of rotatable bonds is 7. The van der Waals surface area contributed by atoms with E-state index in [1.54, 1.807) is 13.8 Å². The number of carbonyl (C=O) groups excluding carboxylic acids is 2. The average Bonchev–Trinajstić information content (AvgIpc) is 3.33. The summed E-state index contributed by atoms with van der Waals surface area (Å²) in [4.78, 5) is 36.6. The van der Waals surface area contributed by atoms with Crippen LogP contribution in [0.2, 0.25) is 0 Å². The summed E-state index contributed by atoms with van der Waals surface area (Å²) in [5, 5.41) is 18.5. The first-order valence-electron chi connectivity index (χ1n) is 10.8. The van der Waals surface area contributed by atoms with Gasteiger partial charge in [0, 0.05) is 25.1 Å². The number of carboxylic acid groups (broad SMARTS) is 1.